The third kappa shape index (κ3) is 5.04. The minimum Gasteiger partial charge on any atom is -0.493 e. The van der Waals surface area contributed by atoms with E-state index < -0.39 is 10.8 Å². The summed E-state index contributed by atoms with van der Waals surface area (Å²) >= 11 is 0. The number of nitrogens with zero attached hydrogens (tertiary/aromatic N) is 2. The predicted molar refractivity (Wildman–Crippen MR) is 96.9 cm³/mol. The van der Waals surface area contributed by atoms with Gasteiger partial charge in [-0.15, -0.1) is 0 Å². The number of hydrogen-bond acceptors (Lipinski definition) is 6. The predicted octanol–water partition coefficient (Wildman–Crippen LogP) is 3.15. The first-order valence-electron chi connectivity index (χ1n) is 7.83. The van der Waals surface area contributed by atoms with Crippen molar-refractivity contribution in [2.45, 2.75) is 20.0 Å². The summed E-state index contributed by atoms with van der Waals surface area (Å²) in [6.07, 6.45) is 1.45. The fourth-order valence-corrected chi connectivity index (χ4v) is 2.08. The first-order chi connectivity index (χ1) is 12.4. The molecule has 0 saturated carbocycles. The van der Waals surface area contributed by atoms with Crippen LogP contribution in [0.4, 0.5) is 5.69 Å². The average molecular weight is 357 g/mol. The molecule has 136 valence electrons. The van der Waals surface area contributed by atoms with E-state index in [1.807, 2.05) is 13.8 Å². The Kier molecular flexibility index (Phi) is 6.26. The summed E-state index contributed by atoms with van der Waals surface area (Å²) in [7, 11) is 1.56. The Morgan fingerprint density at radius 2 is 1.88 bits per heavy atom. The van der Waals surface area contributed by atoms with Gasteiger partial charge >= 0.3 is 0 Å². The van der Waals surface area contributed by atoms with Crippen LogP contribution in [0.3, 0.4) is 0 Å². The number of nitro groups is 1. The highest BCUT2D eigenvalue weighted by atomic mass is 16.6. The summed E-state index contributed by atoms with van der Waals surface area (Å²) in [6.45, 7) is 3.81. The van der Waals surface area contributed by atoms with E-state index in [2.05, 4.69) is 10.5 Å². The highest BCUT2D eigenvalue weighted by Gasteiger charge is 2.09. The van der Waals surface area contributed by atoms with Gasteiger partial charge in [-0.2, -0.15) is 5.10 Å². The zero-order chi connectivity index (χ0) is 19.1. The molecule has 1 N–H and O–H groups in total. The number of carbonyl (C=O) groups is 1. The fraction of sp³-hybridized carbons (Fsp3) is 0.222. The van der Waals surface area contributed by atoms with E-state index >= 15 is 0 Å². The molecule has 0 atom stereocenters. The van der Waals surface area contributed by atoms with Crippen LogP contribution in [0.2, 0.25) is 0 Å². The zero-order valence-corrected chi connectivity index (χ0v) is 14.6. The molecule has 2 aromatic rings. The minimum absolute atomic E-state index is 0.0158. The Labute approximate surface area is 150 Å². The second-order valence-corrected chi connectivity index (χ2v) is 5.58. The van der Waals surface area contributed by atoms with Crippen molar-refractivity contribution in [2.24, 2.45) is 5.10 Å². The number of methoxy groups -OCH3 is 1. The number of rotatable bonds is 7. The van der Waals surface area contributed by atoms with E-state index in [9.17, 15) is 14.9 Å². The molecule has 0 unspecified atom stereocenters. The molecule has 8 nitrogen and oxygen atoms in total. The number of nitrogens with one attached hydrogen (secondary N) is 1. The van der Waals surface area contributed by atoms with Crippen molar-refractivity contribution in [3.63, 3.8) is 0 Å². The van der Waals surface area contributed by atoms with Gasteiger partial charge in [0.15, 0.2) is 11.5 Å². The van der Waals surface area contributed by atoms with E-state index in [4.69, 9.17) is 9.47 Å². The van der Waals surface area contributed by atoms with Gasteiger partial charge in [0.25, 0.3) is 11.6 Å². The monoisotopic (exact) mass is 357 g/mol. The van der Waals surface area contributed by atoms with Crippen LogP contribution in [0.5, 0.6) is 11.5 Å². The van der Waals surface area contributed by atoms with E-state index in [1.165, 1.54) is 30.5 Å². The van der Waals surface area contributed by atoms with E-state index in [0.717, 1.165) is 0 Å². The first-order valence-corrected chi connectivity index (χ1v) is 7.83. The van der Waals surface area contributed by atoms with Crippen molar-refractivity contribution in [1.82, 2.24) is 5.43 Å². The number of non-ortho nitro benzene ring substituents is 1. The topological polar surface area (TPSA) is 103 Å². The van der Waals surface area contributed by atoms with Gasteiger partial charge < -0.3 is 9.47 Å². The summed E-state index contributed by atoms with van der Waals surface area (Å²) in [6, 6.07) is 10.5. The molecule has 0 spiro atoms. The molecule has 0 aliphatic rings. The van der Waals surface area contributed by atoms with Crippen molar-refractivity contribution in [2.75, 3.05) is 7.11 Å². The van der Waals surface area contributed by atoms with Gasteiger partial charge in [0, 0.05) is 17.7 Å². The van der Waals surface area contributed by atoms with Crippen LogP contribution < -0.4 is 14.9 Å². The van der Waals surface area contributed by atoms with E-state index in [0.29, 0.717) is 17.1 Å². The number of hydrogen-bond donors (Lipinski definition) is 1. The second kappa shape index (κ2) is 8.61. The molecular weight excluding hydrogens is 338 g/mol. The maximum absolute atomic E-state index is 12.0. The first kappa shape index (κ1) is 18.9. The molecule has 0 aliphatic carbocycles. The highest BCUT2D eigenvalue weighted by Crippen LogP contribution is 2.28. The van der Waals surface area contributed by atoms with Gasteiger partial charge in [-0.25, -0.2) is 5.43 Å². The molecule has 0 saturated heterocycles. The number of amides is 1. The average Bonchev–Trinajstić information content (AvgIpc) is 2.61. The smallest absolute Gasteiger partial charge is 0.271 e. The highest BCUT2D eigenvalue weighted by molar-refractivity contribution is 5.95. The summed E-state index contributed by atoms with van der Waals surface area (Å²) in [5, 5.41) is 14.5. The van der Waals surface area contributed by atoms with Crippen molar-refractivity contribution < 1.29 is 19.2 Å². The van der Waals surface area contributed by atoms with Crippen molar-refractivity contribution >= 4 is 17.8 Å². The normalized spacial score (nSPS) is 10.8. The quantitative estimate of drug-likeness (QED) is 0.466. The molecule has 0 heterocycles. The second-order valence-electron chi connectivity index (χ2n) is 5.58. The van der Waals surface area contributed by atoms with Gasteiger partial charge in [0.05, 0.1) is 24.4 Å². The molecule has 0 aliphatic heterocycles. The van der Waals surface area contributed by atoms with Gasteiger partial charge in [-0.05, 0) is 49.7 Å². The third-order valence-electron chi connectivity index (χ3n) is 3.27. The number of benzene rings is 2. The fourth-order valence-electron chi connectivity index (χ4n) is 2.08. The summed E-state index contributed by atoms with van der Waals surface area (Å²) in [4.78, 5) is 22.1. The molecule has 1 amide bonds. The molecule has 0 aromatic heterocycles. The zero-order valence-electron chi connectivity index (χ0n) is 14.6. The third-order valence-corrected chi connectivity index (χ3v) is 3.27. The van der Waals surface area contributed by atoms with Gasteiger partial charge in [0.2, 0.25) is 0 Å². The number of carbonyl (C=O) groups excluding carboxylic acids is 1. The maximum Gasteiger partial charge on any atom is 0.271 e. The number of ether oxygens (including phenoxy) is 2. The molecule has 0 bridgehead atoms. The van der Waals surface area contributed by atoms with Crippen LogP contribution in [0.15, 0.2) is 47.6 Å². The van der Waals surface area contributed by atoms with Crippen LogP contribution in [-0.2, 0) is 0 Å². The molecular formula is C18H19N3O5. The lowest BCUT2D eigenvalue weighted by atomic mass is 10.2. The Hall–Kier alpha value is -3.42. The Balaban J connectivity index is 2.05. The van der Waals surface area contributed by atoms with E-state index in [1.54, 1.807) is 25.3 Å². The number of hydrazone groups is 1. The summed E-state index contributed by atoms with van der Waals surface area (Å²) < 4.78 is 10.9. The lowest BCUT2D eigenvalue weighted by molar-refractivity contribution is -0.384. The van der Waals surface area contributed by atoms with Crippen molar-refractivity contribution in [3.05, 3.63) is 63.7 Å². The summed E-state index contributed by atoms with van der Waals surface area (Å²) in [5.74, 6) is 0.710. The molecule has 0 fully saturated rings. The lowest BCUT2D eigenvalue weighted by Gasteiger charge is -2.13. The molecule has 0 radical (unpaired) electrons. The number of nitro benzene ring substituents is 1. The lowest BCUT2D eigenvalue weighted by Crippen LogP contribution is -2.17. The van der Waals surface area contributed by atoms with Crippen LogP contribution >= 0.6 is 0 Å². The molecule has 2 rings (SSSR count). The van der Waals surface area contributed by atoms with Crippen LogP contribution in [-0.4, -0.2) is 30.3 Å². The van der Waals surface area contributed by atoms with E-state index in [-0.39, 0.29) is 17.4 Å². The van der Waals surface area contributed by atoms with Crippen LogP contribution in [0, 0.1) is 10.1 Å². The maximum atomic E-state index is 12.0. The Bertz CT molecular complexity index is 816. The van der Waals surface area contributed by atoms with Gasteiger partial charge in [-0.3, -0.25) is 14.9 Å². The Morgan fingerprint density at radius 3 is 2.46 bits per heavy atom. The largest absolute Gasteiger partial charge is 0.493 e. The molecule has 26 heavy (non-hydrogen) atoms. The minimum atomic E-state index is -0.527. The SMILES string of the molecule is COc1ccc(/C=N/NC(=O)c2ccc([N+](=O)[O-])cc2)cc1OC(C)C. The molecule has 8 heteroatoms. The Morgan fingerprint density at radius 1 is 1.19 bits per heavy atom. The summed E-state index contributed by atoms with van der Waals surface area (Å²) in [5.41, 5.74) is 3.27. The molecule has 2 aromatic carbocycles. The van der Waals surface area contributed by atoms with Crippen molar-refractivity contribution in [1.29, 1.82) is 0 Å². The van der Waals surface area contributed by atoms with Crippen LogP contribution in [0.25, 0.3) is 0 Å². The van der Waals surface area contributed by atoms with Crippen LogP contribution in [0.1, 0.15) is 29.8 Å². The van der Waals surface area contributed by atoms with Crippen molar-refractivity contribution in [3.8, 4) is 11.5 Å². The van der Waals surface area contributed by atoms with Gasteiger partial charge in [-0.1, -0.05) is 0 Å². The standard InChI is InChI=1S/C18H19N3O5/c1-12(2)26-17-10-13(4-9-16(17)25-3)11-19-20-18(22)14-5-7-15(8-6-14)21(23)24/h4-12H,1-3H3,(H,20,22)/b19-11+. The van der Waals surface area contributed by atoms with Gasteiger partial charge in [0.1, 0.15) is 0 Å².